The standard InChI is InChI=1S/C16H20O2S/c1-15(2)11-16(17,7-8-18-15)9-12-10-19-14-6-4-3-5-13(12)14/h3-6,10,17H,7-9,11H2,1-2H3. The highest BCUT2D eigenvalue weighted by Crippen LogP contribution is 2.37. The van der Waals surface area contributed by atoms with Crippen LogP contribution in [0.3, 0.4) is 0 Å². The lowest BCUT2D eigenvalue weighted by atomic mass is 9.80. The molecule has 1 aromatic carbocycles. The molecule has 1 aliphatic rings. The summed E-state index contributed by atoms with van der Waals surface area (Å²) in [6.45, 7) is 4.76. The van der Waals surface area contributed by atoms with Crippen LogP contribution in [0.1, 0.15) is 32.3 Å². The summed E-state index contributed by atoms with van der Waals surface area (Å²) >= 11 is 1.76. The summed E-state index contributed by atoms with van der Waals surface area (Å²) in [6, 6.07) is 8.42. The SMILES string of the molecule is CC1(C)CC(O)(Cc2csc3ccccc23)CCO1. The van der Waals surface area contributed by atoms with E-state index in [1.807, 2.05) is 0 Å². The Morgan fingerprint density at radius 1 is 1.32 bits per heavy atom. The number of hydrogen-bond acceptors (Lipinski definition) is 3. The van der Waals surface area contributed by atoms with Crippen LogP contribution in [-0.2, 0) is 11.2 Å². The number of rotatable bonds is 2. The molecule has 1 fully saturated rings. The molecule has 0 radical (unpaired) electrons. The zero-order valence-corrected chi connectivity index (χ0v) is 12.3. The molecular formula is C16H20O2S. The summed E-state index contributed by atoms with van der Waals surface area (Å²) in [4.78, 5) is 0. The molecule has 1 unspecified atom stereocenters. The first-order valence-electron chi connectivity index (χ1n) is 6.79. The molecule has 1 saturated heterocycles. The number of thiophene rings is 1. The van der Waals surface area contributed by atoms with Crippen LogP contribution in [0.25, 0.3) is 10.1 Å². The van der Waals surface area contributed by atoms with Crippen LogP contribution in [-0.4, -0.2) is 22.9 Å². The molecule has 1 N–H and O–H groups in total. The molecule has 3 rings (SSSR count). The monoisotopic (exact) mass is 276 g/mol. The minimum Gasteiger partial charge on any atom is -0.389 e. The van der Waals surface area contributed by atoms with Gasteiger partial charge >= 0.3 is 0 Å². The molecule has 0 bridgehead atoms. The fraction of sp³-hybridized carbons (Fsp3) is 0.500. The van der Waals surface area contributed by atoms with Crippen LogP contribution in [0.2, 0.25) is 0 Å². The number of fused-ring (bicyclic) bond motifs is 1. The quantitative estimate of drug-likeness (QED) is 0.905. The van der Waals surface area contributed by atoms with Crippen molar-refractivity contribution in [2.45, 2.75) is 44.3 Å². The number of aliphatic hydroxyl groups is 1. The van der Waals surface area contributed by atoms with Crippen LogP contribution in [0, 0.1) is 0 Å². The van der Waals surface area contributed by atoms with Gasteiger partial charge in [0.2, 0.25) is 0 Å². The highest BCUT2D eigenvalue weighted by Gasteiger charge is 2.39. The molecule has 1 aromatic heterocycles. The van der Waals surface area contributed by atoms with Gasteiger partial charge in [-0.1, -0.05) is 18.2 Å². The smallest absolute Gasteiger partial charge is 0.0737 e. The van der Waals surface area contributed by atoms with Crippen LogP contribution < -0.4 is 0 Å². The van der Waals surface area contributed by atoms with Crippen molar-refractivity contribution in [2.75, 3.05) is 6.61 Å². The van der Waals surface area contributed by atoms with E-state index >= 15 is 0 Å². The molecule has 0 amide bonds. The van der Waals surface area contributed by atoms with Gasteiger partial charge in [-0.05, 0) is 42.7 Å². The third-order valence-electron chi connectivity index (χ3n) is 3.90. The molecule has 19 heavy (non-hydrogen) atoms. The maximum Gasteiger partial charge on any atom is 0.0737 e. The summed E-state index contributed by atoms with van der Waals surface area (Å²) < 4.78 is 7.01. The van der Waals surface area contributed by atoms with Gasteiger partial charge in [0.25, 0.3) is 0 Å². The lowest BCUT2D eigenvalue weighted by molar-refractivity contribution is -0.143. The molecule has 1 aliphatic heterocycles. The van der Waals surface area contributed by atoms with Gasteiger partial charge in [-0.15, -0.1) is 11.3 Å². The average molecular weight is 276 g/mol. The van der Waals surface area contributed by atoms with Gasteiger partial charge < -0.3 is 9.84 Å². The van der Waals surface area contributed by atoms with Crippen LogP contribution in [0.4, 0.5) is 0 Å². The lowest BCUT2D eigenvalue weighted by Gasteiger charge is -2.41. The molecule has 1 atom stereocenters. The lowest BCUT2D eigenvalue weighted by Crippen LogP contribution is -2.47. The summed E-state index contributed by atoms with van der Waals surface area (Å²) in [6.07, 6.45) is 2.15. The largest absolute Gasteiger partial charge is 0.389 e. The normalized spacial score (nSPS) is 26.7. The fourth-order valence-electron chi connectivity index (χ4n) is 3.12. The summed E-state index contributed by atoms with van der Waals surface area (Å²) in [5, 5.41) is 14.3. The third kappa shape index (κ3) is 2.69. The molecule has 3 heteroatoms. The van der Waals surface area contributed by atoms with Gasteiger partial charge in [-0.2, -0.15) is 0 Å². The first-order valence-corrected chi connectivity index (χ1v) is 7.67. The summed E-state index contributed by atoms with van der Waals surface area (Å²) in [7, 11) is 0. The first-order chi connectivity index (χ1) is 8.98. The Bertz CT molecular complexity index is 587. The van der Waals surface area contributed by atoms with Crippen molar-refractivity contribution in [1.82, 2.24) is 0 Å². The van der Waals surface area contributed by atoms with Gasteiger partial charge in [-0.25, -0.2) is 0 Å². The van der Waals surface area contributed by atoms with Crippen LogP contribution >= 0.6 is 11.3 Å². The van der Waals surface area contributed by atoms with Crippen molar-refractivity contribution in [2.24, 2.45) is 0 Å². The van der Waals surface area contributed by atoms with E-state index in [1.54, 1.807) is 11.3 Å². The molecule has 102 valence electrons. The van der Waals surface area contributed by atoms with Crippen molar-refractivity contribution in [3.05, 3.63) is 35.2 Å². The van der Waals surface area contributed by atoms with E-state index in [4.69, 9.17) is 4.74 Å². The molecule has 0 aliphatic carbocycles. The van der Waals surface area contributed by atoms with Crippen LogP contribution in [0.15, 0.2) is 29.6 Å². The Morgan fingerprint density at radius 3 is 2.89 bits per heavy atom. The zero-order valence-electron chi connectivity index (χ0n) is 11.5. The molecule has 0 saturated carbocycles. The number of benzene rings is 1. The maximum atomic E-state index is 10.9. The van der Waals surface area contributed by atoms with Gasteiger partial charge in [0.1, 0.15) is 0 Å². The molecule has 2 aromatic rings. The Morgan fingerprint density at radius 2 is 2.11 bits per heavy atom. The van der Waals surface area contributed by atoms with Crippen molar-refractivity contribution in [1.29, 1.82) is 0 Å². The highest BCUT2D eigenvalue weighted by molar-refractivity contribution is 7.17. The Hall–Kier alpha value is -0.900. The van der Waals surface area contributed by atoms with Crippen molar-refractivity contribution in [3.63, 3.8) is 0 Å². The van der Waals surface area contributed by atoms with E-state index in [0.29, 0.717) is 13.0 Å². The second-order valence-electron chi connectivity index (χ2n) is 6.19. The Labute approximate surface area is 118 Å². The topological polar surface area (TPSA) is 29.5 Å². The average Bonchev–Trinajstić information content (AvgIpc) is 2.70. The fourth-order valence-corrected chi connectivity index (χ4v) is 4.09. The molecule has 2 heterocycles. The van der Waals surface area contributed by atoms with Gasteiger partial charge in [0, 0.05) is 17.5 Å². The molecule has 2 nitrogen and oxygen atoms in total. The van der Waals surface area contributed by atoms with Crippen molar-refractivity contribution >= 4 is 21.4 Å². The van der Waals surface area contributed by atoms with E-state index in [9.17, 15) is 5.11 Å². The molecular weight excluding hydrogens is 256 g/mol. The second-order valence-corrected chi connectivity index (χ2v) is 7.10. The highest BCUT2D eigenvalue weighted by atomic mass is 32.1. The Kier molecular flexibility index (Phi) is 3.16. The third-order valence-corrected chi connectivity index (χ3v) is 4.91. The molecule has 0 spiro atoms. The second kappa shape index (κ2) is 4.58. The van der Waals surface area contributed by atoms with E-state index in [2.05, 4.69) is 43.5 Å². The van der Waals surface area contributed by atoms with Gasteiger partial charge in [0.15, 0.2) is 0 Å². The summed E-state index contributed by atoms with van der Waals surface area (Å²) in [5.74, 6) is 0. The van der Waals surface area contributed by atoms with E-state index in [-0.39, 0.29) is 5.60 Å². The number of ether oxygens (including phenoxy) is 1. The van der Waals surface area contributed by atoms with E-state index in [0.717, 1.165) is 12.8 Å². The Balaban J connectivity index is 1.88. The van der Waals surface area contributed by atoms with Crippen molar-refractivity contribution in [3.8, 4) is 0 Å². The zero-order chi connectivity index (χ0) is 13.5. The van der Waals surface area contributed by atoms with E-state index < -0.39 is 5.60 Å². The predicted octanol–water partition coefficient (Wildman–Crippen LogP) is 3.76. The minimum absolute atomic E-state index is 0.223. The maximum absolute atomic E-state index is 10.9. The van der Waals surface area contributed by atoms with Gasteiger partial charge in [0.05, 0.1) is 17.8 Å². The predicted molar refractivity (Wildman–Crippen MR) is 79.7 cm³/mol. The first kappa shape index (κ1) is 13.1. The number of hydrogen-bond donors (Lipinski definition) is 1. The minimum atomic E-state index is -0.633. The summed E-state index contributed by atoms with van der Waals surface area (Å²) in [5.41, 5.74) is 0.408. The van der Waals surface area contributed by atoms with E-state index in [1.165, 1.54) is 15.6 Å². The van der Waals surface area contributed by atoms with Gasteiger partial charge in [-0.3, -0.25) is 0 Å². The van der Waals surface area contributed by atoms with Crippen LogP contribution in [0.5, 0.6) is 0 Å². The van der Waals surface area contributed by atoms with Crippen molar-refractivity contribution < 1.29 is 9.84 Å².